The van der Waals surface area contributed by atoms with Gasteiger partial charge in [-0.15, -0.1) is 0 Å². The Morgan fingerprint density at radius 1 is 1.56 bits per heavy atom. The Balaban J connectivity index is 2.12. The molecule has 1 aromatic rings. The Morgan fingerprint density at radius 2 is 2.25 bits per heavy atom. The maximum atomic E-state index is 13.0. The van der Waals surface area contributed by atoms with E-state index in [4.69, 9.17) is 0 Å². The van der Waals surface area contributed by atoms with Gasteiger partial charge in [-0.1, -0.05) is 15.9 Å². The van der Waals surface area contributed by atoms with Gasteiger partial charge in [0.05, 0.1) is 5.54 Å². The summed E-state index contributed by atoms with van der Waals surface area (Å²) < 4.78 is 13.0. The number of hydrogen-bond donors (Lipinski definition) is 1. The SMILES string of the molecule is Cc1cc(C(=O)NC2(CBr)CC2)ccc1F. The van der Waals surface area contributed by atoms with Gasteiger partial charge < -0.3 is 5.32 Å². The third-order valence-corrected chi connectivity index (χ3v) is 3.98. The number of aryl methyl sites for hydroxylation is 1. The van der Waals surface area contributed by atoms with Gasteiger partial charge in [-0.2, -0.15) is 0 Å². The lowest BCUT2D eigenvalue weighted by Crippen LogP contribution is -2.38. The van der Waals surface area contributed by atoms with Crippen molar-refractivity contribution in [2.75, 3.05) is 5.33 Å². The first-order chi connectivity index (χ1) is 7.56. The summed E-state index contributed by atoms with van der Waals surface area (Å²) >= 11 is 3.39. The number of amides is 1. The van der Waals surface area contributed by atoms with E-state index in [1.807, 2.05) is 0 Å². The van der Waals surface area contributed by atoms with E-state index in [-0.39, 0.29) is 17.3 Å². The summed E-state index contributed by atoms with van der Waals surface area (Å²) in [4.78, 5) is 11.9. The molecule has 1 aromatic carbocycles. The van der Waals surface area contributed by atoms with Crippen molar-refractivity contribution >= 4 is 21.8 Å². The van der Waals surface area contributed by atoms with Crippen LogP contribution >= 0.6 is 15.9 Å². The fraction of sp³-hybridized carbons (Fsp3) is 0.417. The molecule has 1 N–H and O–H groups in total. The average Bonchev–Trinajstić information content (AvgIpc) is 3.02. The molecule has 2 rings (SSSR count). The van der Waals surface area contributed by atoms with Gasteiger partial charge in [0.2, 0.25) is 0 Å². The maximum absolute atomic E-state index is 13.0. The number of carbonyl (C=O) groups excluding carboxylic acids is 1. The van der Waals surface area contributed by atoms with Crippen LogP contribution in [0.2, 0.25) is 0 Å². The molecule has 0 saturated heterocycles. The van der Waals surface area contributed by atoms with Gasteiger partial charge in [0.25, 0.3) is 5.91 Å². The second-order valence-corrected chi connectivity index (χ2v) is 4.89. The molecule has 0 unspecified atom stereocenters. The van der Waals surface area contributed by atoms with E-state index in [1.165, 1.54) is 12.1 Å². The van der Waals surface area contributed by atoms with Crippen molar-refractivity contribution in [3.63, 3.8) is 0 Å². The van der Waals surface area contributed by atoms with Gasteiger partial charge in [0.15, 0.2) is 0 Å². The van der Waals surface area contributed by atoms with E-state index in [0.29, 0.717) is 11.1 Å². The van der Waals surface area contributed by atoms with Crippen LogP contribution in [-0.2, 0) is 0 Å². The molecular formula is C12H13BrFNO. The highest BCUT2D eigenvalue weighted by Gasteiger charge is 2.42. The molecule has 0 aliphatic heterocycles. The van der Waals surface area contributed by atoms with Crippen molar-refractivity contribution in [2.45, 2.75) is 25.3 Å². The van der Waals surface area contributed by atoms with Crippen molar-refractivity contribution in [2.24, 2.45) is 0 Å². The van der Waals surface area contributed by atoms with Crippen molar-refractivity contribution in [1.82, 2.24) is 5.32 Å². The lowest BCUT2D eigenvalue weighted by Gasteiger charge is -2.14. The summed E-state index contributed by atoms with van der Waals surface area (Å²) in [5.41, 5.74) is 0.946. The highest BCUT2D eigenvalue weighted by Crippen LogP contribution is 2.37. The molecule has 86 valence electrons. The van der Waals surface area contributed by atoms with E-state index in [2.05, 4.69) is 21.2 Å². The predicted octanol–water partition coefficient (Wildman–Crippen LogP) is 2.79. The normalized spacial score (nSPS) is 16.9. The molecular weight excluding hydrogens is 273 g/mol. The Hall–Kier alpha value is -0.900. The number of benzene rings is 1. The molecule has 4 heteroatoms. The number of hydrogen-bond acceptors (Lipinski definition) is 1. The first-order valence-corrected chi connectivity index (χ1v) is 6.33. The summed E-state index contributed by atoms with van der Waals surface area (Å²) in [6, 6.07) is 4.43. The minimum Gasteiger partial charge on any atom is -0.346 e. The number of alkyl halides is 1. The summed E-state index contributed by atoms with van der Waals surface area (Å²) in [5.74, 6) is -0.404. The molecule has 1 aliphatic rings. The van der Waals surface area contributed by atoms with Crippen LogP contribution in [0.25, 0.3) is 0 Å². The molecule has 0 bridgehead atoms. The van der Waals surface area contributed by atoms with Crippen molar-refractivity contribution < 1.29 is 9.18 Å². The van der Waals surface area contributed by atoms with Crippen molar-refractivity contribution in [1.29, 1.82) is 0 Å². The van der Waals surface area contributed by atoms with Crippen LogP contribution in [0.15, 0.2) is 18.2 Å². The van der Waals surface area contributed by atoms with E-state index >= 15 is 0 Å². The second-order valence-electron chi connectivity index (χ2n) is 4.33. The van der Waals surface area contributed by atoms with Gasteiger partial charge in [-0.3, -0.25) is 4.79 Å². The number of nitrogens with one attached hydrogen (secondary N) is 1. The van der Waals surface area contributed by atoms with Gasteiger partial charge >= 0.3 is 0 Å². The highest BCUT2D eigenvalue weighted by molar-refractivity contribution is 9.09. The number of carbonyl (C=O) groups is 1. The van der Waals surface area contributed by atoms with Gasteiger partial charge in [0, 0.05) is 10.9 Å². The topological polar surface area (TPSA) is 29.1 Å². The minimum absolute atomic E-state index is 0.0701. The Bertz CT molecular complexity index is 429. The fourth-order valence-corrected chi connectivity index (χ4v) is 2.24. The molecule has 1 aliphatic carbocycles. The molecule has 1 amide bonds. The fourth-order valence-electron chi connectivity index (χ4n) is 1.54. The average molecular weight is 286 g/mol. The van der Waals surface area contributed by atoms with Gasteiger partial charge in [-0.25, -0.2) is 4.39 Å². The highest BCUT2D eigenvalue weighted by atomic mass is 79.9. The number of rotatable bonds is 3. The summed E-state index contributed by atoms with van der Waals surface area (Å²) in [6.07, 6.45) is 2.01. The first-order valence-electron chi connectivity index (χ1n) is 5.21. The van der Waals surface area contributed by atoms with Crippen molar-refractivity contribution in [3.05, 3.63) is 35.1 Å². The molecule has 1 saturated carbocycles. The molecule has 16 heavy (non-hydrogen) atoms. The van der Waals surface area contributed by atoms with Crippen LogP contribution in [0, 0.1) is 12.7 Å². The largest absolute Gasteiger partial charge is 0.346 e. The molecule has 0 spiro atoms. The third-order valence-electron chi connectivity index (χ3n) is 2.91. The summed E-state index contributed by atoms with van der Waals surface area (Å²) in [5, 5.41) is 3.74. The zero-order valence-corrected chi connectivity index (χ0v) is 10.6. The van der Waals surface area contributed by atoms with Gasteiger partial charge in [-0.05, 0) is 43.5 Å². The molecule has 0 atom stereocenters. The van der Waals surface area contributed by atoms with Crippen LogP contribution in [0.5, 0.6) is 0 Å². The molecule has 0 aromatic heterocycles. The standard InChI is InChI=1S/C12H13BrFNO/c1-8-6-9(2-3-10(8)14)11(16)15-12(7-13)4-5-12/h2-3,6H,4-5,7H2,1H3,(H,15,16). The van der Waals surface area contributed by atoms with E-state index in [0.717, 1.165) is 18.2 Å². The molecule has 0 radical (unpaired) electrons. The summed E-state index contributed by atoms with van der Waals surface area (Å²) in [6.45, 7) is 1.66. The smallest absolute Gasteiger partial charge is 0.251 e. The quantitative estimate of drug-likeness (QED) is 0.851. The third kappa shape index (κ3) is 2.26. The Labute approximate surface area is 102 Å². The molecule has 1 fully saturated rings. The van der Waals surface area contributed by atoms with Crippen LogP contribution in [-0.4, -0.2) is 16.8 Å². The first kappa shape index (κ1) is 11.6. The zero-order valence-electron chi connectivity index (χ0n) is 9.02. The monoisotopic (exact) mass is 285 g/mol. The maximum Gasteiger partial charge on any atom is 0.251 e. The van der Waals surface area contributed by atoms with Crippen LogP contribution in [0.4, 0.5) is 4.39 Å². The van der Waals surface area contributed by atoms with Gasteiger partial charge in [0.1, 0.15) is 5.82 Å². The molecule has 0 heterocycles. The van der Waals surface area contributed by atoms with E-state index in [1.54, 1.807) is 13.0 Å². The van der Waals surface area contributed by atoms with Crippen LogP contribution in [0.3, 0.4) is 0 Å². The lowest BCUT2D eigenvalue weighted by atomic mass is 10.1. The van der Waals surface area contributed by atoms with E-state index in [9.17, 15) is 9.18 Å². The summed E-state index contributed by atoms with van der Waals surface area (Å²) in [7, 11) is 0. The predicted molar refractivity (Wildman–Crippen MR) is 64.4 cm³/mol. The van der Waals surface area contributed by atoms with E-state index < -0.39 is 0 Å². The lowest BCUT2D eigenvalue weighted by molar-refractivity contribution is 0.0936. The molecule has 2 nitrogen and oxygen atoms in total. The number of halogens is 2. The van der Waals surface area contributed by atoms with Crippen LogP contribution < -0.4 is 5.32 Å². The van der Waals surface area contributed by atoms with Crippen LogP contribution in [0.1, 0.15) is 28.8 Å². The van der Waals surface area contributed by atoms with Crippen molar-refractivity contribution in [3.8, 4) is 0 Å². The second kappa shape index (κ2) is 4.17. The minimum atomic E-state index is -0.279. The Kier molecular flexibility index (Phi) is 3.02. The Morgan fingerprint density at radius 3 is 2.75 bits per heavy atom. The zero-order chi connectivity index (χ0) is 11.8.